The molecule has 3 unspecified atom stereocenters. The Balaban J connectivity index is 2.12. The molecule has 1 saturated heterocycles. The second-order valence-electron chi connectivity index (χ2n) is 4.01. The van der Waals surface area contributed by atoms with Crippen LogP contribution in [-0.4, -0.2) is 38.9 Å². The third kappa shape index (κ3) is 3.63. The summed E-state index contributed by atoms with van der Waals surface area (Å²) in [6.07, 6.45) is 1.21. The first-order valence-electron chi connectivity index (χ1n) is 5.22. The second-order valence-corrected chi connectivity index (χ2v) is 4.01. The van der Waals surface area contributed by atoms with E-state index in [2.05, 4.69) is 24.5 Å². The monoisotopic (exact) mass is 186 g/mol. The number of likely N-dealkylation sites (N-methyl/N-ethyl adjacent to an activating group) is 1. The molecular weight excluding hydrogens is 164 g/mol. The van der Waals surface area contributed by atoms with Crippen LogP contribution in [0, 0.1) is 5.92 Å². The first-order chi connectivity index (χ1) is 6.24. The van der Waals surface area contributed by atoms with Crippen molar-refractivity contribution in [2.45, 2.75) is 32.4 Å². The summed E-state index contributed by atoms with van der Waals surface area (Å²) in [6, 6.07) is 1.13. The van der Waals surface area contributed by atoms with Crippen molar-refractivity contribution in [3.63, 3.8) is 0 Å². The van der Waals surface area contributed by atoms with Gasteiger partial charge in [0, 0.05) is 25.2 Å². The Labute approximate surface area is 81.2 Å². The highest BCUT2D eigenvalue weighted by Gasteiger charge is 2.21. The van der Waals surface area contributed by atoms with E-state index in [1.165, 1.54) is 6.42 Å². The van der Waals surface area contributed by atoms with Crippen molar-refractivity contribution in [2.24, 2.45) is 5.92 Å². The Morgan fingerprint density at radius 1 is 1.46 bits per heavy atom. The van der Waals surface area contributed by atoms with Gasteiger partial charge in [0.05, 0.1) is 6.61 Å². The largest absolute Gasteiger partial charge is 0.381 e. The molecular formula is C10H22N2O. The Kier molecular flexibility index (Phi) is 4.70. The van der Waals surface area contributed by atoms with E-state index in [1.807, 2.05) is 7.05 Å². The zero-order chi connectivity index (χ0) is 9.68. The van der Waals surface area contributed by atoms with Crippen molar-refractivity contribution < 1.29 is 4.74 Å². The minimum atomic E-state index is 0.546. The van der Waals surface area contributed by atoms with E-state index in [-0.39, 0.29) is 0 Å². The molecule has 0 radical (unpaired) electrons. The van der Waals surface area contributed by atoms with Gasteiger partial charge in [0.2, 0.25) is 0 Å². The molecule has 2 N–H and O–H groups in total. The average Bonchev–Trinajstić information content (AvgIpc) is 2.66. The highest BCUT2D eigenvalue weighted by molar-refractivity contribution is 4.76. The zero-order valence-corrected chi connectivity index (χ0v) is 8.97. The number of rotatable bonds is 5. The van der Waals surface area contributed by atoms with Crippen LogP contribution in [-0.2, 0) is 4.74 Å². The van der Waals surface area contributed by atoms with Crippen molar-refractivity contribution in [2.75, 3.05) is 26.8 Å². The fraction of sp³-hybridized carbons (Fsp3) is 1.00. The maximum atomic E-state index is 5.36. The number of hydrogen-bond donors (Lipinski definition) is 2. The molecule has 1 fully saturated rings. The van der Waals surface area contributed by atoms with Gasteiger partial charge in [0.15, 0.2) is 0 Å². The molecule has 0 aromatic rings. The molecule has 1 aliphatic rings. The molecule has 0 aliphatic carbocycles. The van der Waals surface area contributed by atoms with Crippen molar-refractivity contribution in [1.82, 2.24) is 10.6 Å². The summed E-state index contributed by atoms with van der Waals surface area (Å²) in [4.78, 5) is 0. The number of ether oxygens (including phenoxy) is 1. The second kappa shape index (κ2) is 5.58. The number of nitrogens with one attached hydrogen (secondary N) is 2. The van der Waals surface area contributed by atoms with Gasteiger partial charge < -0.3 is 15.4 Å². The van der Waals surface area contributed by atoms with E-state index >= 15 is 0 Å². The van der Waals surface area contributed by atoms with Crippen molar-refractivity contribution in [1.29, 1.82) is 0 Å². The van der Waals surface area contributed by atoms with E-state index in [0.717, 1.165) is 19.8 Å². The zero-order valence-electron chi connectivity index (χ0n) is 8.97. The minimum Gasteiger partial charge on any atom is -0.381 e. The lowest BCUT2D eigenvalue weighted by molar-refractivity contribution is 0.178. The van der Waals surface area contributed by atoms with Gasteiger partial charge in [-0.15, -0.1) is 0 Å². The molecule has 1 aliphatic heterocycles. The summed E-state index contributed by atoms with van der Waals surface area (Å²) in [5.74, 6) is 0.712. The van der Waals surface area contributed by atoms with Crippen LogP contribution in [0.2, 0.25) is 0 Å². The van der Waals surface area contributed by atoms with Crippen LogP contribution in [0.1, 0.15) is 20.3 Å². The van der Waals surface area contributed by atoms with Crippen molar-refractivity contribution in [3.05, 3.63) is 0 Å². The van der Waals surface area contributed by atoms with Gasteiger partial charge >= 0.3 is 0 Å². The maximum absolute atomic E-state index is 5.36. The average molecular weight is 186 g/mol. The van der Waals surface area contributed by atoms with E-state index in [1.54, 1.807) is 0 Å². The molecule has 0 saturated carbocycles. The Hall–Kier alpha value is -0.120. The molecule has 0 amide bonds. The van der Waals surface area contributed by atoms with Gasteiger partial charge in [-0.05, 0) is 33.2 Å². The van der Waals surface area contributed by atoms with Gasteiger partial charge in [-0.2, -0.15) is 0 Å². The smallest absolute Gasteiger partial charge is 0.0509 e. The normalized spacial score (nSPS) is 27.5. The predicted molar refractivity (Wildman–Crippen MR) is 54.9 cm³/mol. The summed E-state index contributed by atoms with van der Waals surface area (Å²) in [5.41, 5.74) is 0. The highest BCUT2D eigenvalue weighted by Crippen LogP contribution is 2.15. The number of hydrogen-bond acceptors (Lipinski definition) is 3. The molecule has 0 aromatic carbocycles. The Morgan fingerprint density at radius 3 is 2.77 bits per heavy atom. The van der Waals surface area contributed by atoms with Crippen LogP contribution in [0.4, 0.5) is 0 Å². The molecule has 1 rings (SSSR count). The molecule has 1 heterocycles. The van der Waals surface area contributed by atoms with Crippen molar-refractivity contribution in [3.8, 4) is 0 Å². The van der Waals surface area contributed by atoms with Crippen molar-refractivity contribution >= 4 is 0 Å². The fourth-order valence-corrected chi connectivity index (χ4v) is 1.58. The highest BCUT2D eigenvalue weighted by atomic mass is 16.5. The summed E-state index contributed by atoms with van der Waals surface area (Å²) in [7, 11) is 2.00. The van der Waals surface area contributed by atoms with Crippen LogP contribution in [0.15, 0.2) is 0 Å². The van der Waals surface area contributed by atoms with Gasteiger partial charge in [-0.1, -0.05) is 0 Å². The third-order valence-corrected chi connectivity index (χ3v) is 2.91. The lowest BCUT2D eigenvalue weighted by Crippen LogP contribution is -2.41. The quantitative estimate of drug-likeness (QED) is 0.660. The summed E-state index contributed by atoms with van der Waals surface area (Å²) in [6.45, 7) is 7.35. The molecule has 0 aromatic heterocycles. The van der Waals surface area contributed by atoms with Crippen LogP contribution >= 0.6 is 0 Å². The van der Waals surface area contributed by atoms with Gasteiger partial charge in [0.25, 0.3) is 0 Å². The molecule has 0 spiro atoms. The molecule has 3 atom stereocenters. The van der Waals surface area contributed by atoms with E-state index < -0.39 is 0 Å². The van der Waals surface area contributed by atoms with E-state index in [4.69, 9.17) is 4.74 Å². The van der Waals surface area contributed by atoms with Crippen LogP contribution in [0.3, 0.4) is 0 Å². The molecule has 3 nitrogen and oxygen atoms in total. The molecule has 0 bridgehead atoms. The topological polar surface area (TPSA) is 33.3 Å². The fourth-order valence-electron chi connectivity index (χ4n) is 1.58. The SMILES string of the molecule is CNC(C)CNC(C)C1CCOC1. The Bertz CT molecular complexity index is 135. The van der Waals surface area contributed by atoms with Crippen LogP contribution in [0.25, 0.3) is 0 Å². The predicted octanol–water partition coefficient (Wildman–Crippen LogP) is 0.609. The summed E-state index contributed by atoms with van der Waals surface area (Å²) in [5, 5.41) is 6.75. The lowest BCUT2D eigenvalue weighted by Gasteiger charge is -2.21. The third-order valence-electron chi connectivity index (χ3n) is 2.91. The molecule has 78 valence electrons. The van der Waals surface area contributed by atoms with Crippen LogP contribution in [0.5, 0.6) is 0 Å². The van der Waals surface area contributed by atoms with Gasteiger partial charge in [0.1, 0.15) is 0 Å². The molecule has 3 heteroatoms. The first kappa shape index (κ1) is 11.0. The van der Waals surface area contributed by atoms with Gasteiger partial charge in [-0.25, -0.2) is 0 Å². The molecule has 13 heavy (non-hydrogen) atoms. The minimum absolute atomic E-state index is 0.546. The van der Waals surface area contributed by atoms with Gasteiger partial charge in [-0.3, -0.25) is 0 Å². The van der Waals surface area contributed by atoms with E-state index in [0.29, 0.717) is 18.0 Å². The summed E-state index contributed by atoms with van der Waals surface area (Å²) >= 11 is 0. The Morgan fingerprint density at radius 2 is 2.23 bits per heavy atom. The maximum Gasteiger partial charge on any atom is 0.0509 e. The van der Waals surface area contributed by atoms with E-state index in [9.17, 15) is 0 Å². The lowest BCUT2D eigenvalue weighted by atomic mass is 10.0. The standard InChI is InChI=1S/C10H22N2O/c1-8(11-3)6-12-9(2)10-4-5-13-7-10/h8-12H,4-7H2,1-3H3. The summed E-state index contributed by atoms with van der Waals surface area (Å²) < 4.78 is 5.36. The van der Waals surface area contributed by atoms with Crippen LogP contribution < -0.4 is 10.6 Å². The first-order valence-corrected chi connectivity index (χ1v) is 5.22.